The molecule has 0 aliphatic heterocycles. The summed E-state index contributed by atoms with van der Waals surface area (Å²) < 4.78 is 29.3. The summed E-state index contributed by atoms with van der Waals surface area (Å²) in [4.78, 5) is 29.8. The minimum Gasteiger partial charge on any atom is -0.354 e. The van der Waals surface area contributed by atoms with Gasteiger partial charge in [-0.2, -0.15) is 0 Å². The number of amides is 2. The van der Waals surface area contributed by atoms with E-state index in [-0.39, 0.29) is 40.4 Å². The SMILES string of the molecule is Cc1ccc(S(=O)(=O)N(CC(=O)N(Cc2cccc(Cl)c2)[C@H](Cc2ccccc2)C(=O)NCC(C)C)c2ccccc2Cl)cc1. The van der Waals surface area contributed by atoms with E-state index in [2.05, 4.69) is 5.32 Å². The molecule has 4 aromatic carbocycles. The monoisotopic (exact) mass is 665 g/mol. The second-order valence-electron chi connectivity index (χ2n) is 11.3. The van der Waals surface area contributed by atoms with Crippen LogP contribution in [0, 0.1) is 12.8 Å². The molecule has 2 amide bonds. The zero-order valence-electron chi connectivity index (χ0n) is 25.5. The molecule has 1 N–H and O–H groups in total. The van der Waals surface area contributed by atoms with E-state index in [9.17, 15) is 18.0 Å². The highest BCUT2D eigenvalue weighted by Crippen LogP contribution is 2.31. The average molecular weight is 667 g/mol. The summed E-state index contributed by atoms with van der Waals surface area (Å²) >= 11 is 12.8. The third-order valence-corrected chi connectivity index (χ3v) is 9.54. The smallest absolute Gasteiger partial charge is 0.264 e. The van der Waals surface area contributed by atoms with Gasteiger partial charge in [-0.3, -0.25) is 13.9 Å². The van der Waals surface area contributed by atoms with E-state index in [1.54, 1.807) is 54.6 Å². The third-order valence-electron chi connectivity index (χ3n) is 7.21. The van der Waals surface area contributed by atoms with Crippen LogP contribution in [0.15, 0.2) is 108 Å². The van der Waals surface area contributed by atoms with E-state index in [4.69, 9.17) is 23.2 Å². The zero-order valence-corrected chi connectivity index (χ0v) is 27.8. The second-order valence-corrected chi connectivity index (χ2v) is 14.0. The van der Waals surface area contributed by atoms with Gasteiger partial charge in [0.2, 0.25) is 11.8 Å². The molecule has 0 saturated heterocycles. The Morgan fingerprint density at radius 1 is 0.822 bits per heavy atom. The van der Waals surface area contributed by atoms with Crippen molar-refractivity contribution in [3.8, 4) is 0 Å². The van der Waals surface area contributed by atoms with Gasteiger partial charge in [-0.25, -0.2) is 8.42 Å². The van der Waals surface area contributed by atoms with Gasteiger partial charge in [-0.1, -0.05) is 109 Å². The van der Waals surface area contributed by atoms with Crippen LogP contribution in [0.1, 0.15) is 30.5 Å². The largest absolute Gasteiger partial charge is 0.354 e. The van der Waals surface area contributed by atoms with Crippen molar-refractivity contribution in [2.45, 2.75) is 44.7 Å². The maximum Gasteiger partial charge on any atom is 0.264 e. The van der Waals surface area contributed by atoms with Crippen molar-refractivity contribution in [1.29, 1.82) is 0 Å². The maximum absolute atomic E-state index is 14.5. The first kappa shape index (κ1) is 34.0. The number of anilines is 1. The first-order chi connectivity index (χ1) is 21.5. The van der Waals surface area contributed by atoms with E-state index in [1.165, 1.54) is 17.0 Å². The Morgan fingerprint density at radius 3 is 2.11 bits per heavy atom. The minimum absolute atomic E-state index is 0.0118. The molecule has 0 radical (unpaired) electrons. The molecule has 0 heterocycles. The highest BCUT2D eigenvalue weighted by atomic mass is 35.5. The van der Waals surface area contributed by atoms with Crippen LogP contribution in [0.2, 0.25) is 10.0 Å². The van der Waals surface area contributed by atoms with E-state index in [1.807, 2.05) is 57.2 Å². The van der Waals surface area contributed by atoms with Crippen molar-refractivity contribution in [3.05, 3.63) is 130 Å². The number of rotatable bonds is 13. The van der Waals surface area contributed by atoms with Crippen LogP contribution in [-0.2, 0) is 32.6 Å². The summed E-state index contributed by atoms with van der Waals surface area (Å²) in [5.74, 6) is -0.737. The molecule has 4 rings (SSSR count). The molecular formula is C35H37Cl2N3O4S. The lowest BCUT2D eigenvalue weighted by Crippen LogP contribution is -2.53. The molecule has 7 nitrogen and oxygen atoms in total. The van der Waals surface area contributed by atoms with Crippen LogP contribution < -0.4 is 9.62 Å². The van der Waals surface area contributed by atoms with Gasteiger partial charge in [-0.15, -0.1) is 0 Å². The van der Waals surface area contributed by atoms with Gasteiger partial charge in [0.05, 0.1) is 15.6 Å². The molecule has 0 aliphatic rings. The lowest BCUT2D eigenvalue weighted by molar-refractivity contribution is -0.140. The van der Waals surface area contributed by atoms with Crippen LogP contribution in [0.25, 0.3) is 0 Å². The predicted molar refractivity (Wildman–Crippen MR) is 181 cm³/mol. The van der Waals surface area contributed by atoms with Gasteiger partial charge in [0.1, 0.15) is 12.6 Å². The van der Waals surface area contributed by atoms with Crippen molar-refractivity contribution >= 4 is 50.7 Å². The Bertz CT molecular complexity index is 1710. The molecule has 0 aliphatic carbocycles. The van der Waals surface area contributed by atoms with Crippen LogP contribution in [0.5, 0.6) is 0 Å². The fraction of sp³-hybridized carbons (Fsp3) is 0.257. The quantitative estimate of drug-likeness (QED) is 0.168. The van der Waals surface area contributed by atoms with Gasteiger partial charge in [-0.05, 0) is 60.4 Å². The molecule has 0 bridgehead atoms. The van der Waals surface area contributed by atoms with Crippen LogP contribution >= 0.6 is 23.2 Å². The van der Waals surface area contributed by atoms with E-state index < -0.39 is 28.5 Å². The van der Waals surface area contributed by atoms with Crippen LogP contribution in [-0.4, -0.2) is 44.3 Å². The molecule has 45 heavy (non-hydrogen) atoms. The molecule has 0 spiro atoms. The van der Waals surface area contributed by atoms with Crippen molar-refractivity contribution in [2.24, 2.45) is 5.92 Å². The number of hydrogen-bond donors (Lipinski definition) is 1. The first-order valence-electron chi connectivity index (χ1n) is 14.6. The summed E-state index contributed by atoms with van der Waals surface area (Å²) in [7, 11) is -4.25. The zero-order chi connectivity index (χ0) is 32.6. The molecule has 236 valence electrons. The van der Waals surface area contributed by atoms with Gasteiger partial charge in [0, 0.05) is 24.5 Å². The van der Waals surface area contributed by atoms with Gasteiger partial charge in [0.15, 0.2) is 0 Å². The molecule has 0 fully saturated rings. The second kappa shape index (κ2) is 15.4. The number of para-hydroxylation sites is 1. The van der Waals surface area contributed by atoms with Crippen molar-refractivity contribution in [3.63, 3.8) is 0 Å². The predicted octanol–water partition coefficient (Wildman–Crippen LogP) is 6.91. The number of hydrogen-bond acceptors (Lipinski definition) is 4. The summed E-state index contributed by atoms with van der Waals surface area (Å²) in [5, 5.41) is 3.62. The van der Waals surface area contributed by atoms with Crippen LogP contribution in [0.3, 0.4) is 0 Å². The maximum atomic E-state index is 14.5. The molecule has 0 aromatic heterocycles. The normalized spacial score (nSPS) is 12.0. The van der Waals surface area contributed by atoms with Gasteiger partial charge in [0.25, 0.3) is 10.0 Å². The number of nitrogens with one attached hydrogen (secondary N) is 1. The fourth-order valence-corrected chi connectivity index (χ4v) is 6.75. The van der Waals surface area contributed by atoms with Crippen LogP contribution in [0.4, 0.5) is 5.69 Å². The average Bonchev–Trinajstić information content (AvgIpc) is 3.01. The van der Waals surface area contributed by atoms with E-state index in [0.717, 1.165) is 15.4 Å². The number of aryl methyl sites for hydroxylation is 1. The number of nitrogens with zero attached hydrogens (tertiary/aromatic N) is 2. The summed E-state index contributed by atoms with van der Waals surface area (Å²) in [6, 6.07) is 28.3. The first-order valence-corrected chi connectivity index (χ1v) is 16.8. The van der Waals surface area contributed by atoms with E-state index >= 15 is 0 Å². The Kier molecular flexibility index (Phi) is 11.7. The Labute approximate surface area is 275 Å². The molecule has 0 unspecified atom stereocenters. The molecular weight excluding hydrogens is 629 g/mol. The van der Waals surface area contributed by atoms with E-state index in [0.29, 0.717) is 17.1 Å². The number of carbonyl (C=O) groups excluding carboxylic acids is 2. The number of halogens is 2. The summed E-state index contributed by atoms with van der Waals surface area (Å²) in [6.07, 6.45) is 0.216. The van der Waals surface area contributed by atoms with Gasteiger partial charge < -0.3 is 10.2 Å². The van der Waals surface area contributed by atoms with Crippen molar-refractivity contribution in [2.75, 3.05) is 17.4 Å². The topological polar surface area (TPSA) is 86.8 Å². The molecule has 4 aromatic rings. The lowest BCUT2D eigenvalue weighted by atomic mass is 10.0. The van der Waals surface area contributed by atoms with Crippen molar-refractivity contribution in [1.82, 2.24) is 10.2 Å². The molecule has 1 atom stereocenters. The Balaban J connectivity index is 1.81. The number of sulfonamides is 1. The van der Waals surface area contributed by atoms with Gasteiger partial charge >= 0.3 is 0 Å². The third kappa shape index (κ3) is 9.10. The molecule has 0 saturated carbocycles. The minimum atomic E-state index is -4.25. The standard InChI is InChI=1S/C35H37Cl2N3O4S/c1-25(2)22-38-35(42)33(21-27-10-5-4-6-11-27)39(23-28-12-9-13-29(36)20-28)34(41)24-40(32-15-8-7-14-31(32)37)45(43,44)30-18-16-26(3)17-19-30/h4-20,25,33H,21-24H2,1-3H3,(H,38,42)/t33-/m1/s1. The number of carbonyl (C=O) groups is 2. The fourth-order valence-electron chi connectivity index (χ4n) is 4.81. The number of benzene rings is 4. The molecule has 10 heteroatoms. The summed E-state index contributed by atoms with van der Waals surface area (Å²) in [5.41, 5.74) is 2.58. The lowest BCUT2D eigenvalue weighted by Gasteiger charge is -2.34. The highest BCUT2D eigenvalue weighted by Gasteiger charge is 2.35. The van der Waals surface area contributed by atoms with Crippen molar-refractivity contribution < 1.29 is 18.0 Å². The summed E-state index contributed by atoms with van der Waals surface area (Å²) in [6.45, 7) is 5.67. The Morgan fingerprint density at radius 2 is 1.47 bits per heavy atom. The Hall–Kier alpha value is -3.85. The highest BCUT2D eigenvalue weighted by molar-refractivity contribution is 7.92.